The topological polar surface area (TPSA) is 54.7 Å². The van der Waals surface area contributed by atoms with E-state index in [4.69, 9.17) is 5.73 Å². The summed E-state index contributed by atoms with van der Waals surface area (Å²) in [5, 5.41) is 0. The lowest BCUT2D eigenvalue weighted by atomic mass is 10.3. The van der Waals surface area contributed by atoms with Crippen molar-refractivity contribution in [2.24, 2.45) is 5.73 Å². The standard InChI is InChI=1S/C9H11N3/c1-6(10)9-11-7-4-2-3-5-8(7)12-9/h2-6H,10H2,1H3,(H,11,12)/t6-/m0/s1. The van der Waals surface area contributed by atoms with Crippen LogP contribution in [0.1, 0.15) is 18.8 Å². The molecule has 0 aliphatic carbocycles. The molecule has 3 N–H and O–H groups in total. The molecule has 62 valence electrons. The van der Waals surface area contributed by atoms with Gasteiger partial charge in [0.1, 0.15) is 5.82 Å². The van der Waals surface area contributed by atoms with Gasteiger partial charge in [-0.25, -0.2) is 4.98 Å². The van der Waals surface area contributed by atoms with E-state index in [0.717, 1.165) is 16.9 Å². The summed E-state index contributed by atoms with van der Waals surface area (Å²) in [5.41, 5.74) is 7.71. The van der Waals surface area contributed by atoms with Crippen molar-refractivity contribution in [3.05, 3.63) is 30.1 Å². The molecule has 1 aromatic carbocycles. The van der Waals surface area contributed by atoms with Crippen LogP contribution < -0.4 is 5.73 Å². The summed E-state index contributed by atoms with van der Waals surface area (Å²) in [6.07, 6.45) is 0. The van der Waals surface area contributed by atoms with E-state index in [1.807, 2.05) is 31.2 Å². The Bertz CT molecular complexity index is 356. The van der Waals surface area contributed by atoms with Gasteiger partial charge in [-0.1, -0.05) is 12.1 Å². The molecule has 0 spiro atoms. The zero-order chi connectivity index (χ0) is 8.55. The van der Waals surface area contributed by atoms with Gasteiger partial charge in [0.05, 0.1) is 17.1 Å². The Morgan fingerprint density at radius 3 is 2.83 bits per heavy atom. The maximum absolute atomic E-state index is 5.68. The Hall–Kier alpha value is -1.35. The number of imidazole rings is 1. The molecule has 1 heterocycles. The van der Waals surface area contributed by atoms with Crippen LogP contribution in [0.15, 0.2) is 24.3 Å². The second kappa shape index (κ2) is 2.60. The van der Waals surface area contributed by atoms with Crippen molar-refractivity contribution in [1.29, 1.82) is 0 Å². The molecule has 12 heavy (non-hydrogen) atoms. The number of nitrogens with one attached hydrogen (secondary N) is 1. The van der Waals surface area contributed by atoms with Crippen LogP contribution in [0.3, 0.4) is 0 Å². The molecule has 0 saturated heterocycles. The Labute approximate surface area is 70.6 Å². The summed E-state index contributed by atoms with van der Waals surface area (Å²) in [5.74, 6) is 0.844. The summed E-state index contributed by atoms with van der Waals surface area (Å²) in [6.45, 7) is 1.91. The number of nitrogens with zero attached hydrogens (tertiary/aromatic N) is 1. The van der Waals surface area contributed by atoms with Gasteiger partial charge in [0.2, 0.25) is 0 Å². The van der Waals surface area contributed by atoms with Gasteiger partial charge in [0.15, 0.2) is 0 Å². The largest absolute Gasteiger partial charge is 0.341 e. The summed E-state index contributed by atoms with van der Waals surface area (Å²) < 4.78 is 0. The van der Waals surface area contributed by atoms with Crippen LogP contribution in [0.25, 0.3) is 11.0 Å². The van der Waals surface area contributed by atoms with E-state index < -0.39 is 0 Å². The number of rotatable bonds is 1. The van der Waals surface area contributed by atoms with Crippen molar-refractivity contribution in [3.63, 3.8) is 0 Å². The first-order valence-corrected chi connectivity index (χ1v) is 3.97. The fraction of sp³-hybridized carbons (Fsp3) is 0.222. The average molecular weight is 161 g/mol. The number of aromatic amines is 1. The minimum absolute atomic E-state index is 0.0302. The van der Waals surface area contributed by atoms with Crippen LogP contribution in [0, 0.1) is 0 Å². The highest BCUT2D eigenvalue weighted by molar-refractivity contribution is 5.74. The van der Waals surface area contributed by atoms with Crippen LogP contribution in [-0.4, -0.2) is 9.97 Å². The molecule has 0 bridgehead atoms. The molecule has 0 saturated carbocycles. The van der Waals surface area contributed by atoms with Gasteiger partial charge in [-0.3, -0.25) is 0 Å². The molecule has 2 rings (SSSR count). The van der Waals surface area contributed by atoms with Crippen molar-refractivity contribution < 1.29 is 0 Å². The maximum Gasteiger partial charge on any atom is 0.123 e. The van der Waals surface area contributed by atoms with Crippen molar-refractivity contribution in [3.8, 4) is 0 Å². The summed E-state index contributed by atoms with van der Waals surface area (Å²) in [6, 6.07) is 7.88. The molecule has 3 heteroatoms. The number of nitrogens with two attached hydrogens (primary N) is 1. The number of hydrogen-bond acceptors (Lipinski definition) is 2. The molecule has 0 fully saturated rings. The van der Waals surface area contributed by atoms with Crippen LogP contribution >= 0.6 is 0 Å². The first-order valence-electron chi connectivity index (χ1n) is 3.97. The number of fused-ring (bicyclic) bond motifs is 1. The second-order valence-electron chi connectivity index (χ2n) is 2.93. The minimum Gasteiger partial charge on any atom is -0.341 e. The van der Waals surface area contributed by atoms with E-state index in [-0.39, 0.29) is 6.04 Å². The van der Waals surface area contributed by atoms with Gasteiger partial charge in [0, 0.05) is 0 Å². The van der Waals surface area contributed by atoms with Crippen LogP contribution in [-0.2, 0) is 0 Å². The highest BCUT2D eigenvalue weighted by Crippen LogP contribution is 2.13. The Kier molecular flexibility index (Phi) is 1.59. The van der Waals surface area contributed by atoms with E-state index in [0.29, 0.717) is 0 Å². The molecule has 0 amide bonds. The Morgan fingerprint density at radius 1 is 1.42 bits per heavy atom. The monoisotopic (exact) mass is 161 g/mol. The van der Waals surface area contributed by atoms with Crippen molar-refractivity contribution in [1.82, 2.24) is 9.97 Å². The Morgan fingerprint density at radius 2 is 2.17 bits per heavy atom. The lowest BCUT2D eigenvalue weighted by molar-refractivity contribution is 0.760. The number of hydrogen-bond donors (Lipinski definition) is 2. The normalized spacial score (nSPS) is 13.5. The second-order valence-corrected chi connectivity index (χ2v) is 2.93. The quantitative estimate of drug-likeness (QED) is 0.667. The summed E-state index contributed by atoms with van der Waals surface area (Å²) in [4.78, 5) is 7.49. The van der Waals surface area contributed by atoms with Crippen LogP contribution in [0.4, 0.5) is 0 Å². The highest BCUT2D eigenvalue weighted by Gasteiger charge is 2.04. The van der Waals surface area contributed by atoms with E-state index in [1.165, 1.54) is 0 Å². The van der Waals surface area contributed by atoms with Gasteiger partial charge in [0.25, 0.3) is 0 Å². The molecule has 2 aromatic rings. The van der Waals surface area contributed by atoms with Crippen LogP contribution in [0.5, 0.6) is 0 Å². The van der Waals surface area contributed by atoms with Gasteiger partial charge >= 0.3 is 0 Å². The van der Waals surface area contributed by atoms with Gasteiger partial charge in [-0.05, 0) is 19.1 Å². The number of benzene rings is 1. The van der Waals surface area contributed by atoms with E-state index in [2.05, 4.69) is 9.97 Å². The number of para-hydroxylation sites is 2. The molecular weight excluding hydrogens is 150 g/mol. The van der Waals surface area contributed by atoms with E-state index in [9.17, 15) is 0 Å². The summed E-state index contributed by atoms with van der Waals surface area (Å²) in [7, 11) is 0. The van der Waals surface area contributed by atoms with Crippen molar-refractivity contribution >= 4 is 11.0 Å². The van der Waals surface area contributed by atoms with E-state index >= 15 is 0 Å². The molecule has 1 atom stereocenters. The van der Waals surface area contributed by atoms with Crippen molar-refractivity contribution in [2.45, 2.75) is 13.0 Å². The molecule has 1 aromatic heterocycles. The van der Waals surface area contributed by atoms with E-state index in [1.54, 1.807) is 0 Å². The first-order chi connectivity index (χ1) is 5.77. The van der Waals surface area contributed by atoms with Crippen molar-refractivity contribution in [2.75, 3.05) is 0 Å². The number of aromatic nitrogens is 2. The molecular formula is C9H11N3. The maximum atomic E-state index is 5.68. The Balaban J connectivity index is 2.62. The molecule has 0 unspecified atom stereocenters. The predicted octanol–water partition coefficient (Wildman–Crippen LogP) is 1.58. The average Bonchev–Trinajstić information content (AvgIpc) is 2.46. The highest BCUT2D eigenvalue weighted by atomic mass is 15.0. The molecule has 0 radical (unpaired) electrons. The first kappa shape index (κ1) is 7.31. The molecule has 0 aliphatic heterocycles. The smallest absolute Gasteiger partial charge is 0.123 e. The zero-order valence-corrected chi connectivity index (χ0v) is 6.91. The van der Waals surface area contributed by atoms with Gasteiger partial charge in [-0.2, -0.15) is 0 Å². The minimum atomic E-state index is -0.0302. The van der Waals surface area contributed by atoms with Gasteiger partial charge < -0.3 is 10.7 Å². The third kappa shape index (κ3) is 1.08. The summed E-state index contributed by atoms with van der Waals surface area (Å²) >= 11 is 0. The SMILES string of the molecule is C[C@H](N)c1nc2ccccc2[nH]1. The third-order valence-electron chi connectivity index (χ3n) is 1.84. The predicted molar refractivity (Wildman–Crippen MR) is 48.7 cm³/mol. The van der Waals surface area contributed by atoms with Crippen LogP contribution in [0.2, 0.25) is 0 Å². The fourth-order valence-corrected chi connectivity index (χ4v) is 1.19. The van der Waals surface area contributed by atoms with Gasteiger partial charge in [-0.15, -0.1) is 0 Å². The molecule has 3 nitrogen and oxygen atoms in total. The fourth-order valence-electron chi connectivity index (χ4n) is 1.19. The number of H-pyrrole nitrogens is 1. The lowest BCUT2D eigenvalue weighted by Gasteiger charge is -1.96. The lowest BCUT2D eigenvalue weighted by Crippen LogP contribution is -2.06. The zero-order valence-electron chi connectivity index (χ0n) is 6.91. The third-order valence-corrected chi connectivity index (χ3v) is 1.84. The molecule has 0 aliphatic rings.